The highest BCUT2D eigenvalue weighted by atomic mass is 16.5. The minimum Gasteiger partial charge on any atom is -0.379 e. The van der Waals surface area contributed by atoms with Gasteiger partial charge >= 0.3 is 0 Å². The van der Waals surface area contributed by atoms with Crippen LogP contribution in [0.4, 0.5) is 5.69 Å². The minimum atomic E-state index is -0.262. The molecule has 0 atom stereocenters. The van der Waals surface area contributed by atoms with Crippen LogP contribution in [-0.2, 0) is 16.1 Å². The molecule has 6 heteroatoms. The number of morpholine rings is 1. The summed E-state index contributed by atoms with van der Waals surface area (Å²) >= 11 is 0. The molecule has 2 amide bonds. The molecule has 0 spiro atoms. The fourth-order valence-electron chi connectivity index (χ4n) is 2.77. The summed E-state index contributed by atoms with van der Waals surface area (Å²) in [7, 11) is 0. The first kappa shape index (κ1) is 18.1. The average molecular weight is 353 g/mol. The van der Waals surface area contributed by atoms with Gasteiger partial charge in [0.2, 0.25) is 5.91 Å². The first-order valence-electron chi connectivity index (χ1n) is 8.73. The second kappa shape index (κ2) is 9.12. The Morgan fingerprint density at radius 3 is 2.35 bits per heavy atom. The van der Waals surface area contributed by atoms with Crippen LogP contribution >= 0.6 is 0 Å². The Morgan fingerprint density at radius 1 is 0.962 bits per heavy atom. The molecule has 0 unspecified atom stereocenters. The molecule has 0 aliphatic carbocycles. The van der Waals surface area contributed by atoms with Crippen LogP contribution in [0.3, 0.4) is 0 Å². The molecule has 136 valence electrons. The summed E-state index contributed by atoms with van der Waals surface area (Å²) in [5.74, 6) is -0.517. The summed E-state index contributed by atoms with van der Waals surface area (Å²) in [5, 5.41) is 5.41. The van der Waals surface area contributed by atoms with Gasteiger partial charge < -0.3 is 15.4 Å². The van der Waals surface area contributed by atoms with E-state index in [9.17, 15) is 9.59 Å². The van der Waals surface area contributed by atoms with Crippen LogP contribution in [-0.4, -0.2) is 49.6 Å². The van der Waals surface area contributed by atoms with Crippen LogP contribution in [0.25, 0.3) is 0 Å². The van der Waals surface area contributed by atoms with Crippen LogP contribution < -0.4 is 10.6 Å². The van der Waals surface area contributed by atoms with E-state index in [0.717, 1.165) is 38.5 Å². The van der Waals surface area contributed by atoms with Crippen molar-refractivity contribution in [2.45, 2.75) is 6.54 Å². The van der Waals surface area contributed by atoms with Gasteiger partial charge in [0.15, 0.2) is 0 Å². The smallest absolute Gasteiger partial charge is 0.251 e. The van der Waals surface area contributed by atoms with E-state index in [-0.39, 0.29) is 18.4 Å². The Hall–Kier alpha value is -2.70. The molecule has 2 aromatic carbocycles. The van der Waals surface area contributed by atoms with Gasteiger partial charge in [-0.3, -0.25) is 14.5 Å². The van der Waals surface area contributed by atoms with Crippen LogP contribution in [0.2, 0.25) is 0 Å². The van der Waals surface area contributed by atoms with Crippen molar-refractivity contribution in [3.05, 3.63) is 65.7 Å². The van der Waals surface area contributed by atoms with Crippen molar-refractivity contribution in [3.63, 3.8) is 0 Å². The number of nitrogens with one attached hydrogen (secondary N) is 2. The van der Waals surface area contributed by atoms with Crippen LogP contribution in [0, 0.1) is 0 Å². The maximum atomic E-state index is 12.0. The fraction of sp³-hybridized carbons (Fsp3) is 0.300. The van der Waals surface area contributed by atoms with Crippen molar-refractivity contribution in [2.75, 3.05) is 38.2 Å². The van der Waals surface area contributed by atoms with Crippen molar-refractivity contribution in [3.8, 4) is 0 Å². The predicted octanol–water partition coefficient (Wildman–Crippen LogP) is 1.89. The van der Waals surface area contributed by atoms with E-state index in [2.05, 4.69) is 15.5 Å². The van der Waals surface area contributed by atoms with Gasteiger partial charge in [0, 0.05) is 30.9 Å². The van der Waals surface area contributed by atoms with Gasteiger partial charge in [-0.1, -0.05) is 30.3 Å². The molecule has 1 fully saturated rings. The number of hydrogen-bond donors (Lipinski definition) is 2. The molecule has 2 N–H and O–H groups in total. The topological polar surface area (TPSA) is 70.7 Å². The number of hydrogen-bond acceptors (Lipinski definition) is 4. The van der Waals surface area contributed by atoms with Gasteiger partial charge in [0.1, 0.15) is 0 Å². The van der Waals surface area contributed by atoms with Crippen molar-refractivity contribution < 1.29 is 14.3 Å². The second-order valence-electron chi connectivity index (χ2n) is 6.18. The summed E-state index contributed by atoms with van der Waals surface area (Å²) < 4.78 is 5.35. The molecule has 0 aromatic heterocycles. The molecule has 1 aliphatic rings. The maximum absolute atomic E-state index is 12.0. The quantitative estimate of drug-likeness (QED) is 0.832. The number of ether oxygens (including phenoxy) is 1. The van der Waals surface area contributed by atoms with Gasteiger partial charge in [-0.15, -0.1) is 0 Å². The lowest BCUT2D eigenvalue weighted by molar-refractivity contribution is -0.115. The van der Waals surface area contributed by atoms with Crippen LogP contribution in [0.1, 0.15) is 15.9 Å². The molecule has 26 heavy (non-hydrogen) atoms. The molecular formula is C20H23N3O3. The fourth-order valence-corrected chi connectivity index (χ4v) is 2.77. The standard InChI is InChI=1S/C20H23N3O3/c24-19(14-21-20(25)17-4-2-1-3-5-17)22-18-8-6-16(7-9-18)15-23-10-12-26-13-11-23/h1-9H,10-15H2,(H,21,25)(H,22,24). The lowest BCUT2D eigenvalue weighted by atomic mass is 10.2. The number of nitrogens with zero attached hydrogens (tertiary/aromatic N) is 1. The van der Waals surface area contributed by atoms with E-state index in [1.165, 1.54) is 5.56 Å². The molecule has 0 radical (unpaired) electrons. The number of carbonyl (C=O) groups is 2. The molecule has 1 aliphatic heterocycles. The number of rotatable bonds is 6. The first-order chi connectivity index (χ1) is 12.7. The monoisotopic (exact) mass is 353 g/mol. The minimum absolute atomic E-state index is 0.0662. The van der Waals surface area contributed by atoms with Crippen molar-refractivity contribution in [1.29, 1.82) is 0 Å². The van der Waals surface area contributed by atoms with Crippen molar-refractivity contribution in [2.24, 2.45) is 0 Å². The summed E-state index contributed by atoms with van der Waals surface area (Å²) in [6.45, 7) is 4.26. The maximum Gasteiger partial charge on any atom is 0.251 e. The number of amides is 2. The highest BCUT2D eigenvalue weighted by molar-refractivity contribution is 5.99. The molecule has 2 aromatic rings. The molecule has 3 rings (SSSR count). The third-order valence-corrected chi connectivity index (χ3v) is 4.19. The molecule has 1 heterocycles. The number of benzene rings is 2. The lowest BCUT2D eigenvalue weighted by Gasteiger charge is -2.26. The highest BCUT2D eigenvalue weighted by Crippen LogP contribution is 2.12. The van der Waals surface area contributed by atoms with E-state index in [1.54, 1.807) is 24.3 Å². The zero-order chi connectivity index (χ0) is 18.2. The Bertz CT molecular complexity index is 726. The molecule has 0 bridgehead atoms. The van der Waals surface area contributed by atoms with E-state index in [0.29, 0.717) is 5.56 Å². The normalized spacial score (nSPS) is 14.6. The largest absolute Gasteiger partial charge is 0.379 e. The molecule has 0 saturated carbocycles. The summed E-state index contributed by atoms with van der Waals surface area (Å²) in [6, 6.07) is 16.6. The van der Waals surface area contributed by atoms with Gasteiger partial charge in [0.05, 0.1) is 19.8 Å². The van der Waals surface area contributed by atoms with Crippen LogP contribution in [0.15, 0.2) is 54.6 Å². The Morgan fingerprint density at radius 2 is 1.65 bits per heavy atom. The van der Waals surface area contributed by atoms with Gasteiger partial charge in [-0.05, 0) is 29.8 Å². The SMILES string of the molecule is O=C(CNC(=O)c1ccccc1)Nc1ccc(CN2CCOCC2)cc1. The zero-order valence-corrected chi connectivity index (χ0v) is 14.6. The Balaban J connectivity index is 1.44. The van der Waals surface area contributed by atoms with E-state index >= 15 is 0 Å². The molecule has 1 saturated heterocycles. The van der Waals surface area contributed by atoms with E-state index in [1.807, 2.05) is 30.3 Å². The zero-order valence-electron chi connectivity index (χ0n) is 14.6. The summed E-state index contributed by atoms with van der Waals surface area (Å²) in [4.78, 5) is 26.3. The summed E-state index contributed by atoms with van der Waals surface area (Å²) in [5.41, 5.74) is 2.45. The van der Waals surface area contributed by atoms with Crippen molar-refractivity contribution in [1.82, 2.24) is 10.2 Å². The average Bonchev–Trinajstić information content (AvgIpc) is 2.69. The number of carbonyl (C=O) groups excluding carboxylic acids is 2. The lowest BCUT2D eigenvalue weighted by Crippen LogP contribution is -2.35. The second-order valence-corrected chi connectivity index (χ2v) is 6.18. The Labute approximate surface area is 153 Å². The highest BCUT2D eigenvalue weighted by Gasteiger charge is 2.11. The molecular weight excluding hydrogens is 330 g/mol. The Kier molecular flexibility index (Phi) is 6.35. The van der Waals surface area contributed by atoms with Gasteiger partial charge in [0.25, 0.3) is 5.91 Å². The van der Waals surface area contributed by atoms with E-state index < -0.39 is 0 Å². The first-order valence-corrected chi connectivity index (χ1v) is 8.73. The van der Waals surface area contributed by atoms with Crippen molar-refractivity contribution >= 4 is 17.5 Å². The summed E-state index contributed by atoms with van der Waals surface area (Å²) in [6.07, 6.45) is 0. The third-order valence-electron chi connectivity index (χ3n) is 4.19. The van der Waals surface area contributed by atoms with Gasteiger partial charge in [-0.2, -0.15) is 0 Å². The number of anilines is 1. The van der Waals surface area contributed by atoms with Gasteiger partial charge in [-0.25, -0.2) is 0 Å². The third kappa shape index (κ3) is 5.40. The van der Waals surface area contributed by atoms with E-state index in [4.69, 9.17) is 4.74 Å². The van der Waals surface area contributed by atoms with Crippen LogP contribution in [0.5, 0.6) is 0 Å². The predicted molar refractivity (Wildman–Crippen MR) is 99.9 cm³/mol. The molecule has 6 nitrogen and oxygen atoms in total.